The van der Waals surface area contributed by atoms with Crippen LogP contribution in [0.15, 0.2) is 42.5 Å². The maximum absolute atomic E-state index is 10.1. The number of aliphatic hydroxyl groups excluding tert-OH is 1. The van der Waals surface area contributed by atoms with Crippen LogP contribution in [0.2, 0.25) is 0 Å². The third-order valence-corrected chi connectivity index (χ3v) is 3.89. The monoisotopic (exact) mass is 358 g/mol. The van der Waals surface area contributed by atoms with Gasteiger partial charge in [0, 0.05) is 32.1 Å². The molecule has 3 rings (SSSR count). The van der Waals surface area contributed by atoms with Crippen LogP contribution in [0.5, 0.6) is 0 Å². The molecule has 0 radical (unpaired) electrons. The summed E-state index contributed by atoms with van der Waals surface area (Å²) < 4.78 is 5.59. The standard InChI is InChI=1S/C17H22N2O2.2ClH/c20-17(21-12-15-11-18-8-9-19-15)10-14-6-3-5-13-4-1-2-7-16(13)14;;/h1-7,15,17-20H,8-12H2;2*1H. The van der Waals surface area contributed by atoms with E-state index in [4.69, 9.17) is 4.74 Å². The zero-order valence-corrected chi connectivity index (χ0v) is 14.5. The van der Waals surface area contributed by atoms with E-state index in [0.29, 0.717) is 13.0 Å². The molecule has 1 aliphatic rings. The predicted octanol–water partition coefficient (Wildman–Crippen LogP) is 2.12. The second-order valence-corrected chi connectivity index (χ2v) is 5.49. The van der Waals surface area contributed by atoms with Gasteiger partial charge in [0.1, 0.15) is 0 Å². The van der Waals surface area contributed by atoms with Crippen molar-refractivity contribution in [3.8, 4) is 0 Å². The first-order chi connectivity index (χ1) is 10.3. The highest BCUT2D eigenvalue weighted by atomic mass is 35.5. The first-order valence-corrected chi connectivity index (χ1v) is 7.53. The summed E-state index contributed by atoms with van der Waals surface area (Å²) in [5.41, 5.74) is 1.12. The highest BCUT2D eigenvalue weighted by Gasteiger charge is 2.15. The van der Waals surface area contributed by atoms with Gasteiger partial charge in [0.05, 0.1) is 6.61 Å². The number of hydrogen-bond acceptors (Lipinski definition) is 4. The lowest BCUT2D eigenvalue weighted by Crippen LogP contribution is -2.50. The third kappa shape index (κ3) is 5.60. The smallest absolute Gasteiger partial charge is 0.158 e. The Morgan fingerprint density at radius 2 is 1.87 bits per heavy atom. The average Bonchev–Trinajstić information content (AvgIpc) is 2.54. The van der Waals surface area contributed by atoms with E-state index in [0.717, 1.165) is 25.2 Å². The number of piperazine rings is 1. The Kier molecular flexibility index (Phi) is 8.84. The number of hydrogen-bond donors (Lipinski definition) is 3. The molecular formula is C17H24Cl2N2O2. The molecule has 0 amide bonds. The van der Waals surface area contributed by atoms with Crippen LogP contribution in [0.25, 0.3) is 10.8 Å². The van der Waals surface area contributed by atoms with Gasteiger partial charge in [-0.2, -0.15) is 0 Å². The summed E-state index contributed by atoms with van der Waals surface area (Å²) in [6, 6.07) is 14.7. The zero-order valence-electron chi connectivity index (χ0n) is 12.9. The van der Waals surface area contributed by atoms with Gasteiger partial charge in [0.25, 0.3) is 0 Å². The summed E-state index contributed by atoms with van der Waals surface area (Å²) in [6.07, 6.45) is -0.249. The summed E-state index contributed by atoms with van der Waals surface area (Å²) in [6.45, 7) is 3.36. The molecule has 1 saturated heterocycles. The van der Waals surface area contributed by atoms with Gasteiger partial charge in [-0.25, -0.2) is 0 Å². The van der Waals surface area contributed by atoms with Crippen LogP contribution in [-0.4, -0.2) is 43.7 Å². The molecule has 0 saturated carbocycles. The van der Waals surface area contributed by atoms with Crippen molar-refractivity contribution >= 4 is 35.6 Å². The summed E-state index contributed by atoms with van der Waals surface area (Å²) in [4.78, 5) is 0. The minimum atomic E-state index is -0.764. The number of fused-ring (bicyclic) bond motifs is 1. The first-order valence-electron chi connectivity index (χ1n) is 7.53. The van der Waals surface area contributed by atoms with Crippen molar-refractivity contribution in [1.82, 2.24) is 10.6 Å². The van der Waals surface area contributed by atoms with Gasteiger partial charge in [-0.1, -0.05) is 42.5 Å². The van der Waals surface area contributed by atoms with E-state index in [1.807, 2.05) is 18.2 Å². The van der Waals surface area contributed by atoms with Crippen molar-refractivity contribution in [1.29, 1.82) is 0 Å². The minimum Gasteiger partial charge on any atom is -0.368 e. The van der Waals surface area contributed by atoms with Gasteiger partial charge in [0.2, 0.25) is 0 Å². The predicted molar refractivity (Wildman–Crippen MR) is 98.8 cm³/mol. The van der Waals surface area contributed by atoms with Gasteiger partial charge in [-0.15, -0.1) is 24.8 Å². The van der Waals surface area contributed by atoms with Gasteiger partial charge >= 0.3 is 0 Å². The molecule has 4 nitrogen and oxygen atoms in total. The lowest BCUT2D eigenvalue weighted by molar-refractivity contribution is -0.104. The molecular weight excluding hydrogens is 335 g/mol. The molecule has 23 heavy (non-hydrogen) atoms. The molecule has 6 heteroatoms. The Bertz CT molecular complexity index is 586. The van der Waals surface area contributed by atoms with Crippen LogP contribution < -0.4 is 10.6 Å². The second-order valence-electron chi connectivity index (χ2n) is 5.49. The van der Waals surface area contributed by atoms with Crippen LogP contribution in [0, 0.1) is 0 Å². The first kappa shape index (κ1) is 20.2. The molecule has 1 aliphatic heterocycles. The van der Waals surface area contributed by atoms with E-state index >= 15 is 0 Å². The summed E-state index contributed by atoms with van der Waals surface area (Å²) in [7, 11) is 0. The molecule has 1 fully saturated rings. The quantitative estimate of drug-likeness (QED) is 0.716. The fourth-order valence-electron chi connectivity index (χ4n) is 2.78. The topological polar surface area (TPSA) is 53.5 Å². The van der Waals surface area contributed by atoms with E-state index in [9.17, 15) is 5.11 Å². The van der Waals surface area contributed by atoms with Crippen molar-refractivity contribution in [2.45, 2.75) is 18.8 Å². The number of aliphatic hydroxyl groups is 1. The van der Waals surface area contributed by atoms with E-state index in [-0.39, 0.29) is 30.9 Å². The molecule has 3 N–H and O–H groups in total. The van der Waals surface area contributed by atoms with Crippen LogP contribution in [0.3, 0.4) is 0 Å². The lowest BCUT2D eigenvalue weighted by atomic mass is 10.0. The molecule has 2 aromatic carbocycles. The molecule has 2 atom stereocenters. The maximum Gasteiger partial charge on any atom is 0.158 e. The largest absolute Gasteiger partial charge is 0.368 e. The van der Waals surface area contributed by atoms with Crippen molar-refractivity contribution in [2.24, 2.45) is 0 Å². The Hall–Kier alpha value is -0.880. The third-order valence-electron chi connectivity index (χ3n) is 3.89. The highest BCUT2D eigenvalue weighted by Crippen LogP contribution is 2.20. The average molecular weight is 359 g/mol. The van der Waals surface area contributed by atoms with Crippen LogP contribution in [0.1, 0.15) is 5.56 Å². The molecule has 0 aromatic heterocycles. The fourth-order valence-corrected chi connectivity index (χ4v) is 2.78. The number of benzene rings is 2. The Morgan fingerprint density at radius 1 is 1.09 bits per heavy atom. The summed E-state index contributed by atoms with van der Waals surface area (Å²) >= 11 is 0. The SMILES string of the molecule is Cl.Cl.OC(Cc1cccc2ccccc12)OCC1CNCCN1. The number of nitrogens with one attached hydrogen (secondary N) is 2. The van der Waals surface area contributed by atoms with E-state index in [1.54, 1.807) is 0 Å². The van der Waals surface area contributed by atoms with Crippen molar-refractivity contribution in [3.05, 3.63) is 48.0 Å². The Morgan fingerprint density at radius 3 is 2.65 bits per heavy atom. The van der Waals surface area contributed by atoms with Crippen LogP contribution in [0.4, 0.5) is 0 Å². The van der Waals surface area contributed by atoms with E-state index in [1.165, 1.54) is 10.8 Å². The van der Waals surface area contributed by atoms with Gasteiger partial charge in [-0.3, -0.25) is 0 Å². The second kappa shape index (κ2) is 10.1. The van der Waals surface area contributed by atoms with Gasteiger partial charge in [-0.05, 0) is 16.3 Å². The maximum atomic E-state index is 10.1. The van der Waals surface area contributed by atoms with E-state index in [2.05, 4.69) is 34.9 Å². The summed E-state index contributed by atoms with van der Waals surface area (Å²) in [5, 5.41) is 19.2. The lowest BCUT2D eigenvalue weighted by Gasteiger charge is -2.25. The minimum absolute atomic E-state index is 0. The Balaban J connectivity index is 0.00000132. The highest BCUT2D eigenvalue weighted by molar-refractivity contribution is 5.86. The molecule has 0 spiro atoms. The number of rotatable bonds is 5. The fraction of sp³-hybridized carbons (Fsp3) is 0.412. The molecule has 0 bridgehead atoms. The van der Waals surface area contributed by atoms with Crippen molar-refractivity contribution in [3.63, 3.8) is 0 Å². The molecule has 2 unspecified atom stereocenters. The van der Waals surface area contributed by atoms with Gasteiger partial charge in [0.15, 0.2) is 6.29 Å². The molecule has 2 aromatic rings. The number of ether oxygens (including phenoxy) is 1. The van der Waals surface area contributed by atoms with E-state index < -0.39 is 6.29 Å². The zero-order chi connectivity index (χ0) is 14.5. The molecule has 128 valence electrons. The van der Waals surface area contributed by atoms with Crippen LogP contribution >= 0.6 is 24.8 Å². The van der Waals surface area contributed by atoms with Crippen molar-refractivity contribution in [2.75, 3.05) is 26.2 Å². The van der Waals surface area contributed by atoms with Crippen LogP contribution in [-0.2, 0) is 11.2 Å². The number of halogens is 2. The van der Waals surface area contributed by atoms with Crippen molar-refractivity contribution < 1.29 is 9.84 Å². The molecule has 0 aliphatic carbocycles. The Labute approximate surface area is 149 Å². The normalized spacial score (nSPS) is 18.7. The van der Waals surface area contributed by atoms with Gasteiger partial charge < -0.3 is 20.5 Å². The summed E-state index contributed by atoms with van der Waals surface area (Å²) in [5.74, 6) is 0. The molecule has 1 heterocycles.